The number of sulfone groups is 1. The number of ether oxygens (including phenoxy) is 3. The number of aryl methyl sites for hydroxylation is 2. The first-order valence-corrected chi connectivity index (χ1v) is 12.5. The average molecular weight is 492 g/mol. The molecule has 0 aliphatic heterocycles. The smallest absolute Gasteiger partial charge is 0.408 e. The number of methoxy groups -OCH3 is 2. The second-order valence-electron chi connectivity index (χ2n) is 8.95. The van der Waals surface area contributed by atoms with Crippen LogP contribution in [0.1, 0.15) is 37.5 Å². The van der Waals surface area contributed by atoms with Gasteiger partial charge in [-0.05, 0) is 63.4 Å². The van der Waals surface area contributed by atoms with E-state index < -0.39 is 33.5 Å². The molecule has 0 aliphatic rings. The number of amides is 1. The second kappa shape index (κ2) is 11.4. The molecule has 0 aliphatic carbocycles. The van der Waals surface area contributed by atoms with Gasteiger partial charge in [-0.3, -0.25) is 0 Å². The summed E-state index contributed by atoms with van der Waals surface area (Å²) < 4.78 is 41.0. The lowest BCUT2D eigenvalue weighted by Gasteiger charge is -2.23. The zero-order chi connectivity index (χ0) is 25.5. The van der Waals surface area contributed by atoms with Crippen molar-refractivity contribution in [2.24, 2.45) is 0 Å². The number of carbonyl (C=O) groups excluding carboxylic acids is 2. The summed E-state index contributed by atoms with van der Waals surface area (Å²) >= 11 is 0. The molecule has 0 saturated heterocycles. The van der Waals surface area contributed by atoms with Gasteiger partial charge in [0.1, 0.15) is 17.4 Å². The highest BCUT2D eigenvalue weighted by Gasteiger charge is 2.26. The third-order valence-electron chi connectivity index (χ3n) is 4.98. The number of benzene rings is 2. The van der Waals surface area contributed by atoms with Crippen molar-refractivity contribution >= 4 is 21.9 Å². The summed E-state index contributed by atoms with van der Waals surface area (Å²) in [5, 5.41) is 2.54. The molecule has 0 saturated carbocycles. The minimum Gasteiger partial charge on any atom is -0.496 e. The maximum atomic E-state index is 12.8. The zero-order valence-electron chi connectivity index (χ0n) is 20.5. The molecule has 2 aromatic rings. The van der Waals surface area contributed by atoms with E-state index >= 15 is 0 Å². The summed E-state index contributed by atoms with van der Waals surface area (Å²) in [4.78, 5) is 24.7. The third kappa shape index (κ3) is 8.06. The molecular formula is C25H33NO7S. The van der Waals surface area contributed by atoms with Gasteiger partial charge in [0.15, 0.2) is 9.84 Å². The van der Waals surface area contributed by atoms with E-state index in [2.05, 4.69) is 5.32 Å². The summed E-state index contributed by atoms with van der Waals surface area (Å²) in [7, 11) is -0.744. The molecule has 34 heavy (non-hydrogen) atoms. The molecule has 186 valence electrons. The van der Waals surface area contributed by atoms with Crippen LogP contribution in [0.5, 0.6) is 5.75 Å². The van der Waals surface area contributed by atoms with Crippen LogP contribution >= 0.6 is 0 Å². The molecule has 9 heteroatoms. The highest BCUT2D eigenvalue weighted by atomic mass is 32.2. The molecule has 1 atom stereocenters. The first-order valence-electron chi connectivity index (χ1n) is 10.9. The molecular weight excluding hydrogens is 458 g/mol. The Bertz CT molecular complexity index is 1100. The Morgan fingerprint density at radius 3 is 2.24 bits per heavy atom. The molecule has 0 heterocycles. The Kier molecular flexibility index (Phi) is 9.09. The summed E-state index contributed by atoms with van der Waals surface area (Å²) in [5.41, 5.74) is 1.64. The molecule has 2 aromatic carbocycles. The van der Waals surface area contributed by atoms with Crippen molar-refractivity contribution in [2.75, 3.05) is 20.0 Å². The fourth-order valence-electron chi connectivity index (χ4n) is 3.28. The van der Waals surface area contributed by atoms with E-state index in [0.29, 0.717) is 16.9 Å². The molecule has 2 rings (SSSR count). The van der Waals surface area contributed by atoms with Gasteiger partial charge in [0, 0.05) is 6.42 Å². The predicted octanol–water partition coefficient (Wildman–Crippen LogP) is 3.63. The zero-order valence-corrected chi connectivity index (χ0v) is 21.3. The van der Waals surface area contributed by atoms with Crippen molar-refractivity contribution in [1.29, 1.82) is 0 Å². The molecule has 0 unspecified atom stereocenters. The van der Waals surface area contributed by atoms with Crippen LogP contribution in [-0.2, 0) is 36.9 Å². The lowest BCUT2D eigenvalue weighted by molar-refractivity contribution is -0.143. The maximum absolute atomic E-state index is 12.8. The van der Waals surface area contributed by atoms with Crippen molar-refractivity contribution in [3.63, 3.8) is 0 Å². The highest BCUT2D eigenvalue weighted by Crippen LogP contribution is 2.23. The predicted molar refractivity (Wildman–Crippen MR) is 129 cm³/mol. The van der Waals surface area contributed by atoms with Gasteiger partial charge in [0.05, 0.1) is 24.9 Å². The number of alkyl carbamates (subject to hydrolysis) is 1. The number of rotatable bonds is 9. The monoisotopic (exact) mass is 491 g/mol. The minimum atomic E-state index is -3.49. The third-order valence-corrected chi connectivity index (χ3v) is 6.71. The van der Waals surface area contributed by atoms with Crippen LogP contribution in [0, 0.1) is 6.92 Å². The fraction of sp³-hybridized carbons (Fsp3) is 0.440. The van der Waals surface area contributed by atoms with E-state index in [-0.39, 0.29) is 23.5 Å². The first kappa shape index (κ1) is 27.2. The van der Waals surface area contributed by atoms with E-state index in [9.17, 15) is 18.0 Å². The number of hydrogen-bond acceptors (Lipinski definition) is 7. The van der Waals surface area contributed by atoms with Crippen molar-refractivity contribution in [3.05, 3.63) is 59.2 Å². The Balaban J connectivity index is 2.21. The van der Waals surface area contributed by atoms with Crippen molar-refractivity contribution in [1.82, 2.24) is 5.32 Å². The average Bonchev–Trinajstić information content (AvgIpc) is 2.76. The van der Waals surface area contributed by atoms with Crippen LogP contribution < -0.4 is 10.1 Å². The van der Waals surface area contributed by atoms with Crippen molar-refractivity contribution in [2.45, 2.75) is 57.1 Å². The lowest BCUT2D eigenvalue weighted by atomic mass is 10.0. The number of carbonyl (C=O) groups is 2. The Labute approximate surface area is 201 Å². The van der Waals surface area contributed by atoms with E-state index in [4.69, 9.17) is 14.2 Å². The number of esters is 1. The molecule has 1 amide bonds. The fourth-order valence-corrected chi connectivity index (χ4v) is 4.56. The summed E-state index contributed by atoms with van der Waals surface area (Å²) in [6.45, 7) is 7.06. The lowest BCUT2D eigenvalue weighted by Crippen LogP contribution is -2.45. The second-order valence-corrected chi connectivity index (χ2v) is 11.1. The SMILES string of the molecule is COC(=O)[C@H](Cc1ccc(OC)c(CCS(=O)(=O)c2ccc(C)cc2)c1)NC(=O)OC(C)(C)C. The van der Waals surface area contributed by atoms with Gasteiger partial charge in [0.25, 0.3) is 0 Å². The molecule has 0 aromatic heterocycles. The van der Waals surface area contributed by atoms with Crippen LogP contribution in [0.25, 0.3) is 0 Å². The highest BCUT2D eigenvalue weighted by molar-refractivity contribution is 7.91. The Morgan fingerprint density at radius 2 is 1.68 bits per heavy atom. The minimum absolute atomic E-state index is 0.105. The van der Waals surface area contributed by atoms with Gasteiger partial charge in [-0.1, -0.05) is 29.8 Å². The molecule has 0 spiro atoms. The molecule has 0 fully saturated rings. The van der Waals surface area contributed by atoms with Crippen LogP contribution in [0.3, 0.4) is 0 Å². The van der Waals surface area contributed by atoms with Crippen LogP contribution in [0.2, 0.25) is 0 Å². The van der Waals surface area contributed by atoms with Gasteiger partial charge in [-0.25, -0.2) is 18.0 Å². The number of nitrogens with one attached hydrogen (secondary N) is 1. The summed E-state index contributed by atoms with van der Waals surface area (Å²) in [6.07, 6.45) is -0.385. The quantitative estimate of drug-likeness (QED) is 0.534. The van der Waals surface area contributed by atoms with Crippen molar-refractivity contribution < 1.29 is 32.2 Å². The largest absolute Gasteiger partial charge is 0.496 e. The maximum Gasteiger partial charge on any atom is 0.408 e. The van der Waals surface area contributed by atoms with Crippen molar-refractivity contribution in [3.8, 4) is 5.75 Å². The van der Waals surface area contributed by atoms with E-state index in [1.165, 1.54) is 14.2 Å². The van der Waals surface area contributed by atoms with Gasteiger partial charge < -0.3 is 19.5 Å². The van der Waals surface area contributed by atoms with Gasteiger partial charge in [0.2, 0.25) is 0 Å². The summed E-state index contributed by atoms with van der Waals surface area (Å²) in [5.74, 6) is -0.185. The first-order chi connectivity index (χ1) is 15.8. The van der Waals surface area contributed by atoms with E-state index in [1.807, 2.05) is 6.92 Å². The van der Waals surface area contributed by atoms with E-state index in [1.54, 1.807) is 63.2 Å². The Hall–Kier alpha value is -3.07. The van der Waals surface area contributed by atoms with Crippen LogP contribution in [0.4, 0.5) is 4.79 Å². The van der Waals surface area contributed by atoms with Gasteiger partial charge in [-0.15, -0.1) is 0 Å². The normalized spacial score (nSPS) is 12.5. The van der Waals surface area contributed by atoms with E-state index in [0.717, 1.165) is 5.56 Å². The van der Waals surface area contributed by atoms with Crippen LogP contribution in [0.15, 0.2) is 47.4 Å². The Morgan fingerprint density at radius 1 is 1.03 bits per heavy atom. The van der Waals surface area contributed by atoms with Gasteiger partial charge in [-0.2, -0.15) is 0 Å². The summed E-state index contributed by atoms with van der Waals surface area (Å²) in [6, 6.07) is 11.0. The van der Waals surface area contributed by atoms with Crippen LogP contribution in [-0.4, -0.2) is 52.1 Å². The molecule has 0 radical (unpaired) electrons. The molecule has 0 bridgehead atoms. The van der Waals surface area contributed by atoms with Gasteiger partial charge >= 0.3 is 12.1 Å². The standard InChI is InChI=1S/C25H33NO7S/c1-17-7-10-20(11-8-17)34(29,30)14-13-19-15-18(9-12-22(19)31-5)16-21(23(27)32-6)26-24(28)33-25(2,3)4/h7-12,15,21H,13-14,16H2,1-6H3,(H,26,28)/t21-/m0/s1. The number of hydrogen-bond donors (Lipinski definition) is 1. The molecule has 1 N–H and O–H groups in total. The topological polar surface area (TPSA) is 108 Å². The molecule has 8 nitrogen and oxygen atoms in total.